The van der Waals surface area contributed by atoms with Gasteiger partial charge in [0.15, 0.2) is 0 Å². The summed E-state index contributed by atoms with van der Waals surface area (Å²) in [6, 6.07) is 1.42. The summed E-state index contributed by atoms with van der Waals surface area (Å²) in [6.45, 7) is 7.20. The Bertz CT molecular complexity index is 368. The van der Waals surface area contributed by atoms with E-state index in [-0.39, 0.29) is 0 Å². The van der Waals surface area contributed by atoms with E-state index in [0.717, 1.165) is 31.5 Å². The monoisotopic (exact) mass is 265 g/mol. The van der Waals surface area contributed by atoms with Crippen LogP contribution < -0.4 is 5.32 Å². The summed E-state index contributed by atoms with van der Waals surface area (Å²) in [5.41, 5.74) is 0. The molecule has 1 fully saturated rings. The van der Waals surface area contributed by atoms with Gasteiger partial charge >= 0.3 is 0 Å². The zero-order chi connectivity index (χ0) is 13.7. The first kappa shape index (κ1) is 14.5. The lowest BCUT2D eigenvalue weighted by Gasteiger charge is -2.34. The molecule has 1 aliphatic carbocycles. The van der Waals surface area contributed by atoms with Crippen molar-refractivity contribution in [1.82, 2.24) is 25.0 Å². The zero-order valence-electron chi connectivity index (χ0n) is 12.5. The average molecular weight is 265 g/mol. The SMILES string of the molecule is CCNC1CCC(N(C)Cc2ncnn2CC)CC1. The molecule has 0 radical (unpaired) electrons. The lowest BCUT2D eigenvalue weighted by atomic mass is 9.90. The van der Waals surface area contributed by atoms with Crippen LogP contribution in [0.1, 0.15) is 45.4 Å². The fourth-order valence-corrected chi connectivity index (χ4v) is 3.04. The first-order valence-electron chi connectivity index (χ1n) is 7.54. The highest BCUT2D eigenvalue weighted by Crippen LogP contribution is 2.23. The number of rotatable bonds is 6. The van der Waals surface area contributed by atoms with Gasteiger partial charge in [0.2, 0.25) is 0 Å². The summed E-state index contributed by atoms with van der Waals surface area (Å²) in [5, 5.41) is 7.80. The molecule has 5 heteroatoms. The van der Waals surface area contributed by atoms with Crippen LogP contribution in [0.15, 0.2) is 6.33 Å². The van der Waals surface area contributed by atoms with Gasteiger partial charge in [-0.15, -0.1) is 0 Å². The molecule has 0 amide bonds. The maximum absolute atomic E-state index is 4.36. The lowest BCUT2D eigenvalue weighted by molar-refractivity contribution is 0.163. The largest absolute Gasteiger partial charge is 0.314 e. The van der Waals surface area contributed by atoms with Crippen molar-refractivity contribution in [2.24, 2.45) is 0 Å². The second-order valence-corrected chi connectivity index (χ2v) is 5.47. The van der Waals surface area contributed by atoms with Gasteiger partial charge in [-0.1, -0.05) is 6.92 Å². The zero-order valence-corrected chi connectivity index (χ0v) is 12.5. The quantitative estimate of drug-likeness (QED) is 0.849. The molecule has 19 heavy (non-hydrogen) atoms. The Morgan fingerprint density at radius 2 is 2.05 bits per heavy atom. The third kappa shape index (κ3) is 3.76. The van der Waals surface area contributed by atoms with Crippen LogP contribution in [0.2, 0.25) is 0 Å². The Kier molecular flexibility index (Phi) is 5.34. The molecule has 0 aliphatic heterocycles. The molecule has 0 aromatic carbocycles. The van der Waals surface area contributed by atoms with E-state index in [9.17, 15) is 0 Å². The molecule has 1 aromatic rings. The van der Waals surface area contributed by atoms with E-state index in [2.05, 4.69) is 41.2 Å². The Labute approximate surface area is 116 Å². The molecule has 0 saturated heterocycles. The molecule has 2 rings (SSSR count). The molecule has 0 bridgehead atoms. The van der Waals surface area contributed by atoms with Gasteiger partial charge in [0.1, 0.15) is 12.2 Å². The Balaban J connectivity index is 1.83. The first-order chi connectivity index (χ1) is 9.24. The first-order valence-corrected chi connectivity index (χ1v) is 7.54. The fraction of sp³-hybridized carbons (Fsp3) is 0.857. The third-order valence-corrected chi connectivity index (χ3v) is 4.20. The van der Waals surface area contributed by atoms with E-state index in [1.165, 1.54) is 25.7 Å². The van der Waals surface area contributed by atoms with Crippen LogP contribution in [0.5, 0.6) is 0 Å². The molecule has 1 heterocycles. The Morgan fingerprint density at radius 3 is 2.68 bits per heavy atom. The summed E-state index contributed by atoms with van der Waals surface area (Å²) in [7, 11) is 2.22. The van der Waals surface area contributed by atoms with Gasteiger partial charge in [0.05, 0.1) is 6.54 Å². The molecule has 108 valence electrons. The van der Waals surface area contributed by atoms with Crippen LogP contribution in [0.3, 0.4) is 0 Å². The van der Waals surface area contributed by atoms with E-state index in [0.29, 0.717) is 6.04 Å². The summed E-state index contributed by atoms with van der Waals surface area (Å²) < 4.78 is 1.99. The fourth-order valence-electron chi connectivity index (χ4n) is 3.04. The second-order valence-electron chi connectivity index (χ2n) is 5.47. The van der Waals surface area contributed by atoms with Gasteiger partial charge in [0, 0.05) is 18.6 Å². The van der Waals surface area contributed by atoms with Crippen LogP contribution in [-0.4, -0.2) is 45.3 Å². The maximum Gasteiger partial charge on any atom is 0.140 e. The van der Waals surface area contributed by atoms with Gasteiger partial charge in [-0.2, -0.15) is 5.10 Å². The Hall–Kier alpha value is -0.940. The number of aryl methyl sites for hydroxylation is 1. The van der Waals surface area contributed by atoms with Crippen molar-refractivity contribution in [3.8, 4) is 0 Å². The van der Waals surface area contributed by atoms with E-state index in [4.69, 9.17) is 0 Å². The van der Waals surface area contributed by atoms with Crippen LogP contribution >= 0.6 is 0 Å². The van der Waals surface area contributed by atoms with Crippen molar-refractivity contribution in [1.29, 1.82) is 0 Å². The minimum Gasteiger partial charge on any atom is -0.314 e. The predicted octanol–water partition coefficient (Wildman–Crippen LogP) is 1.65. The van der Waals surface area contributed by atoms with Crippen molar-refractivity contribution in [3.05, 3.63) is 12.2 Å². The topological polar surface area (TPSA) is 46.0 Å². The molecule has 0 atom stereocenters. The van der Waals surface area contributed by atoms with Crippen LogP contribution in [0, 0.1) is 0 Å². The Morgan fingerprint density at radius 1 is 1.32 bits per heavy atom. The third-order valence-electron chi connectivity index (χ3n) is 4.20. The average Bonchev–Trinajstić information content (AvgIpc) is 2.87. The molecular weight excluding hydrogens is 238 g/mol. The normalized spacial score (nSPS) is 24.0. The number of hydrogen-bond donors (Lipinski definition) is 1. The minimum absolute atomic E-state index is 0.692. The van der Waals surface area contributed by atoms with Crippen molar-refractivity contribution < 1.29 is 0 Å². The van der Waals surface area contributed by atoms with Gasteiger partial charge in [-0.3, -0.25) is 4.90 Å². The second kappa shape index (κ2) is 7.01. The van der Waals surface area contributed by atoms with Gasteiger partial charge < -0.3 is 5.32 Å². The molecule has 5 nitrogen and oxygen atoms in total. The minimum atomic E-state index is 0.692. The summed E-state index contributed by atoms with van der Waals surface area (Å²) in [4.78, 5) is 6.81. The van der Waals surface area contributed by atoms with Crippen molar-refractivity contribution >= 4 is 0 Å². The number of nitrogens with zero attached hydrogens (tertiary/aromatic N) is 4. The van der Waals surface area contributed by atoms with Crippen molar-refractivity contribution in [3.63, 3.8) is 0 Å². The molecule has 1 aliphatic rings. The molecule has 0 unspecified atom stereocenters. The number of nitrogens with one attached hydrogen (secondary N) is 1. The van der Waals surface area contributed by atoms with E-state index in [1.54, 1.807) is 6.33 Å². The predicted molar refractivity (Wildman–Crippen MR) is 76.9 cm³/mol. The number of aromatic nitrogens is 3. The molecule has 1 aromatic heterocycles. The van der Waals surface area contributed by atoms with Crippen molar-refractivity contribution in [2.45, 2.75) is 64.7 Å². The highest BCUT2D eigenvalue weighted by Gasteiger charge is 2.24. The van der Waals surface area contributed by atoms with Crippen LogP contribution in [0.4, 0.5) is 0 Å². The summed E-state index contributed by atoms with van der Waals surface area (Å²) >= 11 is 0. The van der Waals surface area contributed by atoms with Crippen LogP contribution in [-0.2, 0) is 13.1 Å². The van der Waals surface area contributed by atoms with E-state index < -0.39 is 0 Å². The summed E-state index contributed by atoms with van der Waals surface area (Å²) in [6.07, 6.45) is 6.82. The smallest absolute Gasteiger partial charge is 0.140 e. The highest BCUT2D eigenvalue weighted by molar-refractivity contribution is 4.88. The molecule has 1 N–H and O–H groups in total. The molecule has 0 spiro atoms. The molecular formula is C14H27N5. The maximum atomic E-state index is 4.36. The summed E-state index contributed by atoms with van der Waals surface area (Å²) in [5.74, 6) is 1.08. The van der Waals surface area contributed by atoms with Gasteiger partial charge in [-0.05, 0) is 46.2 Å². The number of hydrogen-bond acceptors (Lipinski definition) is 4. The van der Waals surface area contributed by atoms with Crippen molar-refractivity contribution in [2.75, 3.05) is 13.6 Å². The van der Waals surface area contributed by atoms with E-state index >= 15 is 0 Å². The van der Waals surface area contributed by atoms with E-state index in [1.807, 2.05) is 4.68 Å². The molecule has 1 saturated carbocycles. The van der Waals surface area contributed by atoms with Crippen LogP contribution in [0.25, 0.3) is 0 Å². The highest BCUT2D eigenvalue weighted by atomic mass is 15.3. The lowest BCUT2D eigenvalue weighted by Crippen LogP contribution is -2.40. The van der Waals surface area contributed by atoms with Gasteiger partial charge in [0.25, 0.3) is 0 Å². The standard InChI is InChI=1S/C14H27N5/c1-4-15-12-6-8-13(9-7-12)18(3)10-14-16-11-17-19(14)5-2/h11-13,15H,4-10H2,1-3H3. The van der Waals surface area contributed by atoms with Gasteiger partial charge in [-0.25, -0.2) is 9.67 Å².